The van der Waals surface area contributed by atoms with E-state index < -0.39 is 0 Å². The van der Waals surface area contributed by atoms with Gasteiger partial charge in [0.25, 0.3) is 0 Å². The van der Waals surface area contributed by atoms with Gasteiger partial charge in [-0.25, -0.2) is 0 Å². The molecular weight excluding hydrogens is 132 g/mol. The lowest BCUT2D eigenvalue weighted by Gasteiger charge is -2.00. The molecule has 1 aliphatic carbocycles. The molecule has 0 radical (unpaired) electrons. The quantitative estimate of drug-likeness (QED) is 0.526. The maximum Gasteiger partial charge on any atom is -0.00189 e. The molecule has 0 nitrogen and oxygen atoms in total. The van der Waals surface area contributed by atoms with Crippen molar-refractivity contribution in [3.63, 3.8) is 0 Å². The SMILES string of the molecule is CCC=C[C@H]1C=CCC=CC1. The summed E-state index contributed by atoms with van der Waals surface area (Å²) < 4.78 is 0. The van der Waals surface area contributed by atoms with Gasteiger partial charge in [0.1, 0.15) is 0 Å². The molecule has 0 fully saturated rings. The fourth-order valence-corrected chi connectivity index (χ4v) is 1.21. The summed E-state index contributed by atoms with van der Waals surface area (Å²) in [6.07, 6.45) is 17.0. The van der Waals surface area contributed by atoms with E-state index in [0.717, 1.165) is 12.8 Å². The van der Waals surface area contributed by atoms with E-state index in [9.17, 15) is 0 Å². The Bertz CT molecular complexity index is 172. The first kappa shape index (κ1) is 8.32. The number of hydrogen-bond donors (Lipinski definition) is 0. The van der Waals surface area contributed by atoms with Crippen LogP contribution in [0.3, 0.4) is 0 Å². The van der Waals surface area contributed by atoms with Crippen LogP contribution in [0.1, 0.15) is 26.2 Å². The molecule has 11 heavy (non-hydrogen) atoms. The molecular formula is C11H16. The summed E-state index contributed by atoms with van der Waals surface area (Å²) in [5.74, 6) is 0.647. The molecule has 0 aromatic heterocycles. The zero-order valence-corrected chi connectivity index (χ0v) is 7.16. The Morgan fingerprint density at radius 2 is 2.27 bits per heavy atom. The summed E-state index contributed by atoms with van der Waals surface area (Å²) >= 11 is 0. The first-order chi connectivity index (χ1) is 5.43. The molecule has 1 atom stereocenters. The highest BCUT2D eigenvalue weighted by molar-refractivity contribution is 5.08. The van der Waals surface area contributed by atoms with Gasteiger partial charge in [0.05, 0.1) is 0 Å². The van der Waals surface area contributed by atoms with Gasteiger partial charge >= 0.3 is 0 Å². The van der Waals surface area contributed by atoms with Gasteiger partial charge in [-0.2, -0.15) is 0 Å². The van der Waals surface area contributed by atoms with E-state index in [0.29, 0.717) is 5.92 Å². The fraction of sp³-hybridized carbons (Fsp3) is 0.455. The van der Waals surface area contributed by atoms with Crippen molar-refractivity contribution in [2.24, 2.45) is 5.92 Å². The predicted molar refractivity (Wildman–Crippen MR) is 50.4 cm³/mol. The average molecular weight is 148 g/mol. The normalized spacial score (nSPS) is 24.3. The van der Waals surface area contributed by atoms with Crippen molar-refractivity contribution in [1.29, 1.82) is 0 Å². The summed E-state index contributed by atoms with van der Waals surface area (Å²) in [7, 11) is 0. The molecule has 0 heterocycles. The summed E-state index contributed by atoms with van der Waals surface area (Å²) in [5, 5.41) is 0. The third-order valence-electron chi connectivity index (χ3n) is 1.85. The van der Waals surface area contributed by atoms with Crippen molar-refractivity contribution >= 4 is 0 Å². The van der Waals surface area contributed by atoms with Crippen LogP contribution in [-0.4, -0.2) is 0 Å². The van der Waals surface area contributed by atoms with Gasteiger partial charge in [0.2, 0.25) is 0 Å². The van der Waals surface area contributed by atoms with Crippen LogP contribution in [0.5, 0.6) is 0 Å². The van der Waals surface area contributed by atoms with Gasteiger partial charge in [-0.05, 0) is 25.2 Å². The van der Waals surface area contributed by atoms with E-state index in [1.807, 2.05) is 0 Å². The van der Waals surface area contributed by atoms with E-state index >= 15 is 0 Å². The number of allylic oxidation sites excluding steroid dienone is 6. The van der Waals surface area contributed by atoms with Crippen LogP contribution >= 0.6 is 0 Å². The van der Waals surface area contributed by atoms with Gasteiger partial charge in [-0.3, -0.25) is 0 Å². The van der Waals surface area contributed by atoms with E-state index in [1.165, 1.54) is 6.42 Å². The van der Waals surface area contributed by atoms with Crippen LogP contribution in [0.15, 0.2) is 36.5 Å². The predicted octanol–water partition coefficient (Wildman–Crippen LogP) is 3.48. The molecule has 60 valence electrons. The van der Waals surface area contributed by atoms with Crippen LogP contribution < -0.4 is 0 Å². The molecule has 0 bridgehead atoms. The minimum Gasteiger partial charge on any atom is -0.0882 e. The molecule has 0 heteroatoms. The zero-order valence-electron chi connectivity index (χ0n) is 7.16. The first-order valence-corrected chi connectivity index (χ1v) is 4.42. The van der Waals surface area contributed by atoms with Crippen molar-refractivity contribution in [3.8, 4) is 0 Å². The Morgan fingerprint density at radius 3 is 3.09 bits per heavy atom. The van der Waals surface area contributed by atoms with E-state index in [-0.39, 0.29) is 0 Å². The van der Waals surface area contributed by atoms with Crippen LogP contribution in [-0.2, 0) is 0 Å². The third kappa shape index (κ3) is 3.22. The zero-order chi connectivity index (χ0) is 7.94. The van der Waals surface area contributed by atoms with Crippen molar-refractivity contribution in [1.82, 2.24) is 0 Å². The number of hydrogen-bond acceptors (Lipinski definition) is 0. The van der Waals surface area contributed by atoms with Crippen molar-refractivity contribution in [3.05, 3.63) is 36.5 Å². The molecule has 0 aromatic carbocycles. The van der Waals surface area contributed by atoms with Crippen molar-refractivity contribution < 1.29 is 0 Å². The maximum atomic E-state index is 2.30. The summed E-state index contributed by atoms with van der Waals surface area (Å²) in [6.45, 7) is 2.17. The molecule has 0 spiro atoms. The molecule has 1 aliphatic rings. The molecule has 0 unspecified atom stereocenters. The Labute approximate surface area is 69.3 Å². The summed E-state index contributed by atoms with van der Waals surface area (Å²) in [6, 6.07) is 0. The topological polar surface area (TPSA) is 0 Å². The molecule has 0 amide bonds. The largest absolute Gasteiger partial charge is 0.0882 e. The molecule has 0 aromatic rings. The Balaban J connectivity index is 2.44. The minimum absolute atomic E-state index is 0.647. The number of rotatable bonds is 2. The summed E-state index contributed by atoms with van der Waals surface area (Å²) in [5.41, 5.74) is 0. The van der Waals surface area contributed by atoms with E-state index in [2.05, 4.69) is 43.4 Å². The average Bonchev–Trinajstić information content (AvgIpc) is 2.28. The molecule has 0 aliphatic heterocycles. The molecule has 0 saturated carbocycles. The van der Waals surface area contributed by atoms with Crippen molar-refractivity contribution in [2.75, 3.05) is 0 Å². The molecule has 1 rings (SSSR count). The second-order valence-corrected chi connectivity index (χ2v) is 2.87. The minimum atomic E-state index is 0.647. The van der Waals surface area contributed by atoms with Gasteiger partial charge < -0.3 is 0 Å². The van der Waals surface area contributed by atoms with E-state index in [4.69, 9.17) is 0 Å². The second kappa shape index (κ2) is 4.95. The molecule has 0 saturated heterocycles. The molecule has 0 N–H and O–H groups in total. The highest BCUT2D eigenvalue weighted by Crippen LogP contribution is 2.12. The third-order valence-corrected chi connectivity index (χ3v) is 1.85. The summed E-state index contributed by atoms with van der Waals surface area (Å²) in [4.78, 5) is 0. The monoisotopic (exact) mass is 148 g/mol. The lowest BCUT2D eigenvalue weighted by atomic mass is 10.1. The standard InChI is InChI=1S/C11H16/c1-2-3-8-11-9-6-4-5-7-10-11/h3-4,6-8,10-11H,2,5,9H2,1H3/t11-/m1/s1. The fourth-order valence-electron chi connectivity index (χ4n) is 1.21. The van der Waals surface area contributed by atoms with Crippen molar-refractivity contribution in [2.45, 2.75) is 26.2 Å². The van der Waals surface area contributed by atoms with E-state index in [1.54, 1.807) is 0 Å². The lowest BCUT2D eigenvalue weighted by molar-refractivity contribution is 0.830. The smallest absolute Gasteiger partial charge is 0.00189 e. The Kier molecular flexibility index (Phi) is 3.74. The van der Waals surface area contributed by atoms with Gasteiger partial charge in [-0.15, -0.1) is 0 Å². The Hall–Kier alpha value is -0.780. The van der Waals surface area contributed by atoms with Crippen LogP contribution in [0.2, 0.25) is 0 Å². The Morgan fingerprint density at radius 1 is 1.36 bits per heavy atom. The first-order valence-electron chi connectivity index (χ1n) is 4.42. The lowest BCUT2D eigenvalue weighted by Crippen LogP contribution is -1.86. The van der Waals surface area contributed by atoms with Gasteiger partial charge in [0.15, 0.2) is 0 Å². The highest BCUT2D eigenvalue weighted by atomic mass is 14.0. The van der Waals surface area contributed by atoms with Gasteiger partial charge in [0, 0.05) is 0 Å². The van der Waals surface area contributed by atoms with Crippen LogP contribution in [0.25, 0.3) is 0 Å². The van der Waals surface area contributed by atoms with Crippen LogP contribution in [0, 0.1) is 5.92 Å². The second-order valence-electron chi connectivity index (χ2n) is 2.87. The highest BCUT2D eigenvalue weighted by Gasteiger charge is 1.97. The van der Waals surface area contributed by atoms with Crippen LogP contribution in [0.4, 0.5) is 0 Å². The van der Waals surface area contributed by atoms with Gasteiger partial charge in [-0.1, -0.05) is 43.4 Å². The maximum absolute atomic E-state index is 2.30.